The van der Waals surface area contributed by atoms with E-state index in [4.69, 9.17) is 4.74 Å². The molecule has 1 aromatic carbocycles. The molecule has 3 nitrogen and oxygen atoms in total. The third-order valence-electron chi connectivity index (χ3n) is 3.35. The van der Waals surface area contributed by atoms with E-state index in [1.54, 1.807) is 36.7 Å². The summed E-state index contributed by atoms with van der Waals surface area (Å²) in [6.45, 7) is 1.47. The Hall–Kier alpha value is -1.46. The molecular weight excluding hydrogens is 328 g/mol. The Kier molecular flexibility index (Phi) is 6.99. The minimum atomic E-state index is -0.217. The molecule has 0 radical (unpaired) electrons. The highest BCUT2D eigenvalue weighted by Crippen LogP contribution is 2.36. The number of methoxy groups -OCH3 is 1. The molecule has 1 aromatic rings. The molecule has 0 amide bonds. The van der Waals surface area contributed by atoms with Gasteiger partial charge in [0.15, 0.2) is 11.6 Å². The normalized spacial score (nSPS) is 15.3. The van der Waals surface area contributed by atoms with Gasteiger partial charge in [0.25, 0.3) is 0 Å². The minimum Gasteiger partial charge on any atom is -0.497 e. The number of carbonyl (C=O) groups excluding carboxylic acids is 2. The van der Waals surface area contributed by atoms with Crippen LogP contribution in [0.15, 0.2) is 40.2 Å². The number of Topliss-reactive ketones (excluding diaryl/α,β-unsaturated/α-hetero) is 1. The molecule has 1 aliphatic rings. The smallest absolute Gasteiger partial charge is 0.191 e. The number of allylic oxidation sites excluding steroid dienone is 2. The highest BCUT2D eigenvalue weighted by molar-refractivity contribution is 8.22. The maximum Gasteiger partial charge on any atom is 0.191 e. The second-order valence-electron chi connectivity index (χ2n) is 5.09. The molecule has 0 N–H and O–H groups in total. The molecule has 1 heterocycles. The van der Waals surface area contributed by atoms with Crippen molar-refractivity contribution in [3.63, 3.8) is 0 Å². The predicted molar refractivity (Wildman–Crippen MR) is 98.9 cm³/mol. The molecule has 0 aliphatic carbocycles. The number of thioether (sulfide) groups is 2. The number of ketones is 2. The van der Waals surface area contributed by atoms with E-state index in [0.29, 0.717) is 5.57 Å². The van der Waals surface area contributed by atoms with Gasteiger partial charge < -0.3 is 4.74 Å². The lowest BCUT2D eigenvalue weighted by Crippen LogP contribution is -2.09. The van der Waals surface area contributed by atoms with E-state index in [2.05, 4.69) is 0 Å². The van der Waals surface area contributed by atoms with Crippen molar-refractivity contribution in [1.29, 1.82) is 0 Å². The van der Waals surface area contributed by atoms with Crippen LogP contribution < -0.4 is 4.74 Å². The van der Waals surface area contributed by atoms with E-state index in [1.807, 2.05) is 24.3 Å². The fraction of sp³-hybridized carbons (Fsp3) is 0.333. The van der Waals surface area contributed by atoms with Gasteiger partial charge in [-0.2, -0.15) is 0 Å². The maximum absolute atomic E-state index is 12.5. The van der Waals surface area contributed by atoms with Crippen molar-refractivity contribution in [2.24, 2.45) is 0 Å². The first-order chi connectivity index (χ1) is 11.1. The molecule has 0 spiro atoms. The van der Waals surface area contributed by atoms with Gasteiger partial charge in [0.1, 0.15) is 5.75 Å². The first-order valence-electron chi connectivity index (χ1n) is 7.49. The van der Waals surface area contributed by atoms with Crippen molar-refractivity contribution < 1.29 is 14.3 Å². The molecule has 0 unspecified atom stereocenters. The summed E-state index contributed by atoms with van der Waals surface area (Å²) in [6.07, 6.45) is 5.47. The van der Waals surface area contributed by atoms with Gasteiger partial charge in [-0.15, -0.1) is 23.5 Å². The Morgan fingerprint density at radius 3 is 2.22 bits per heavy atom. The van der Waals surface area contributed by atoms with Crippen LogP contribution in [0, 0.1) is 0 Å². The zero-order valence-electron chi connectivity index (χ0n) is 13.3. The van der Waals surface area contributed by atoms with E-state index in [0.717, 1.165) is 39.9 Å². The Balaban J connectivity index is 2.18. The van der Waals surface area contributed by atoms with Gasteiger partial charge >= 0.3 is 0 Å². The molecule has 1 saturated heterocycles. The van der Waals surface area contributed by atoms with Gasteiger partial charge in [-0.3, -0.25) is 9.59 Å². The van der Waals surface area contributed by atoms with Crippen LogP contribution in [0.2, 0.25) is 0 Å². The van der Waals surface area contributed by atoms with E-state index >= 15 is 0 Å². The van der Waals surface area contributed by atoms with Crippen molar-refractivity contribution >= 4 is 41.2 Å². The highest BCUT2D eigenvalue weighted by Gasteiger charge is 2.20. The lowest BCUT2D eigenvalue weighted by molar-refractivity contribution is -0.118. The summed E-state index contributed by atoms with van der Waals surface area (Å²) < 4.78 is 5.98. The van der Waals surface area contributed by atoms with Gasteiger partial charge in [0, 0.05) is 0 Å². The Labute approximate surface area is 145 Å². The zero-order chi connectivity index (χ0) is 16.7. The van der Waals surface area contributed by atoms with Crippen LogP contribution in [-0.4, -0.2) is 30.2 Å². The molecule has 0 aromatic heterocycles. The van der Waals surface area contributed by atoms with E-state index in [9.17, 15) is 9.59 Å². The van der Waals surface area contributed by atoms with Crippen molar-refractivity contribution in [3.05, 3.63) is 45.7 Å². The number of hydrogen-bond donors (Lipinski definition) is 0. The van der Waals surface area contributed by atoms with Crippen LogP contribution in [0.4, 0.5) is 0 Å². The number of carbonyl (C=O) groups is 2. The summed E-state index contributed by atoms with van der Waals surface area (Å²) in [5.74, 6) is 2.33. The second-order valence-corrected chi connectivity index (χ2v) is 7.56. The predicted octanol–water partition coefficient (Wildman–Crippen LogP) is 4.34. The van der Waals surface area contributed by atoms with Crippen LogP contribution >= 0.6 is 23.5 Å². The average Bonchev–Trinajstić information content (AvgIpc) is 2.82. The monoisotopic (exact) mass is 348 g/mol. The van der Waals surface area contributed by atoms with Crippen molar-refractivity contribution in [2.45, 2.75) is 19.8 Å². The number of hydrogen-bond acceptors (Lipinski definition) is 5. The lowest BCUT2D eigenvalue weighted by atomic mass is 10.1. The molecule has 5 heteroatoms. The molecule has 1 aliphatic heterocycles. The van der Waals surface area contributed by atoms with Gasteiger partial charge in [0.05, 0.1) is 16.9 Å². The quantitative estimate of drug-likeness (QED) is 0.450. The first kappa shape index (κ1) is 17.9. The third kappa shape index (κ3) is 5.29. The molecular formula is C18H20O3S2. The van der Waals surface area contributed by atoms with Crippen LogP contribution in [0.5, 0.6) is 5.75 Å². The Morgan fingerprint density at radius 1 is 1.09 bits per heavy atom. The molecule has 0 saturated carbocycles. The van der Waals surface area contributed by atoms with E-state index in [1.165, 1.54) is 13.0 Å². The van der Waals surface area contributed by atoms with Gasteiger partial charge in [-0.1, -0.05) is 18.2 Å². The van der Waals surface area contributed by atoms with Crippen molar-refractivity contribution in [2.75, 3.05) is 18.6 Å². The third-order valence-corrected chi connectivity index (χ3v) is 5.98. The lowest BCUT2D eigenvalue weighted by Gasteiger charge is -2.07. The van der Waals surface area contributed by atoms with Crippen LogP contribution in [0.1, 0.15) is 25.3 Å². The molecule has 0 bridgehead atoms. The topological polar surface area (TPSA) is 43.4 Å². The summed E-state index contributed by atoms with van der Waals surface area (Å²) in [4.78, 5) is 24.4. The standard InChI is InChI=1S/C18H20O3S2/c1-13(19)17(18-22-11-3-4-12-23-18)16(20)10-7-14-5-8-15(21-2)9-6-14/h5-10H,3-4,11-12H2,1-2H3. The average molecular weight is 348 g/mol. The fourth-order valence-electron chi connectivity index (χ4n) is 2.11. The molecule has 0 atom stereocenters. The Bertz CT molecular complexity index is 620. The molecule has 2 rings (SSSR count). The summed E-state index contributed by atoms with van der Waals surface area (Å²) in [5, 5.41) is 0. The van der Waals surface area contributed by atoms with Crippen molar-refractivity contribution in [1.82, 2.24) is 0 Å². The van der Waals surface area contributed by atoms with Crippen molar-refractivity contribution in [3.8, 4) is 5.75 Å². The summed E-state index contributed by atoms with van der Waals surface area (Å²) in [7, 11) is 1.61. The molecule has 122 valence electrons. The fourth-order valence-corrected chi connectivity index (χ4v) is 4.79. The largest absolute Gasteiger partial charge is 0.497 e. The number of rotatable bonds is 5. The maximum atomic E-state index is 12.5. The van der Waals surface area contributed by atoms with Crippen LogP contribution in [0.25, 0.3) is 6.08 Å². The minimum absolute atomic E-state index is 0.161. The van der Waals surface area contributed by atoms with Gasteiger partial charge in [-0.05, 0) is 55.0 Å². The summed E-state index contributed by atoms with van der Waals surface area (Å²) in [5.41, 5.74) is 1.22. The molecule has 23 heavy (non-hydrogen) atoms. The SMILES string of the molecule is COc1ccc(C=CC(=O)C(C(C)=O)=C2SCCCCS2)cc1. The first-order valence-corrected chi connectivity index (χ1v) is 9.46. The van der Waals surface area contributed by atoms with E-state index in [-0.39, 0.29) is 11.6 Å². The number of ether oxygens (including phenoxy) is 1. The Morgan fingerprint density at radius 2 is 1.70 bits per heavy atom. The van der Waals surface area contributed by atoms with Crippen LogP contribution in [0.3, 0.4) is 0 Å². The van der Waals surface area contributed by atoms with Gasteiger partial charge in [0.2, 0.25) is 0 Å². The number of benzene rings is 1. The highest BCUT2D eigenvalue weighted by atomic mass is 32.2. The summed E-state index contributed by atoms with van der Waals surface area (Å²) in [6, 6.07) is 7.42. The van der Waals surface area contributed by atoms with Crippen LogP contribution in [-0.2, 0) is 9.59 Å². The second kappa shape index (κ2) is 8.99. The zero-order valence-corrected chi connectivity index (χ0v) is 15.0. The van der Waals surface area contributed by atoms with E-state index < -0.39 is 0 Å². The van der Waals surface area contributed by atoms with Gasteiger partial charge in [-0.25, -0.2) is 0 Å². The summed E-state index contributed by atoms with van der Waals surface area (Å²) >= 11 is 3.25. The molecule has 1 fully saturated rings.